The Morgan fingerprint density at radius 3 is 2.70 bits per heavy atom. The van der Waals surface area contributed by atoms with Crippen LogP contribution in [0.5, 0.6) is 0 Å². The molecule has 104 valence electrons. The lowest BCUT2D eigenvalue weighted by atomic mass is 10.0. The maximum absolute atomic E-state index is 12.5. The number of thiophene rings is 1. The molecule has 3 nitrogen and oxygen atoms in total. The number of carbonyl (C=O) groups is 1. The Morgan fingerprint density at radius 2 is 2.00 bits per heavy atom. The lowest BCUT2D eigenvalue weighted by Gasteiger charge is -2.39. The normalized spacial score (nSPS) is 20.1. The number of nitrogens with zero attached hydrogens (tertiary/aromatic N) is 2. The molecule has 1 aliphatic rings. The second-order valence-corrected chi connectivity index (χ2v) is 5.95. The average Bonchev–Trinajstić information content (AvgIpc) is 3.02. The van der Waals surface area contributed by atoms with Crippen LogP contribution in [0.25, 0.3) is 0 Å². The molecule has 4 heteroatoms. The van der Waals surface area contributed by atoms with Gasteiger partial charge in [0.25, 0.3) is 5.91 Å². The van der Waals surface area contributed by atoms with Gasteiger partial charge in [-0.3, -0.25) is 9.69 Å². The van der Waals surface area contributed by atoms with Gasteiger partial charge in [-0.1, -0.05) is 30.3 Å². The third kappa shape index (κ3) is 2.62. The number of hydrogen-bond acceptors (Lipinski definition) is 3. The molecule has 0 aliphatic carbocycles. The molecule has 3 rings (SSSR count). The molecule has 0 spiro atoms. The van der Waals surface area contributed by atoms with Crippen LogP contribution >= 0.6 is 11.3 Å². The van der Waals surface area contributed by atoms with Crippen LogP contribution in [-0.4, -0.2) is 42.4 Å². The van der Waals surface area contributed by atoms with Crippen molar-refractivity contribution < 1.29 is 4.79 Å². The summed E-state index contributed by atoms with van der Waals surface area (Å²) in [6.07, 6.45) is 0. The molecule has 0 radical (unpaired) electrons. The van der Waals surface area contributed by atoms with Gasteiger partial charge in [0.15, 0.2) is 0 Å². The highest BCUT2D eigenvalue weighted by Crippen LogP contribution is 2.25. The Morgan fingerprint density at radius 1 is 1.20 bits per heavy atom. The smallest absolute Gasteiger partial charge is 0.254 e. The lowest BCUT2D eigenvalue weighted by Crippen LogP contribution is -2.48. The van der Waals surface area contributed by atoms with E-state index < -0.39 is 0 Å². The zero-order chi connectivity index (χ0) is 13.9. The number of piperazine rings is 1. The summed E-state index contributed by atoms with van der Waals surface area (Å²) in [7, 11) is 2.13. The molecule has 1 saturated heterocycles. The van der Waals surface area contributed by atoms with E-state index in [1.165, 1.54) is 5.56 Å². The number of amides is 1. The van der Waals surface area contributed by atoms with Crippen molar-refractivity contribution in [3.05, 3.63) is 58.3 Å². The summed E-state index contributed by atoms with van der Waals surface area (Å²) in [5.74, 6) is 0.153. The molecule has 20 heavy (non-hydrogen) atoms. The summed E-state index contributed by atoms with van der Waals surface area (Å²) in [4.78, 5) is 16.8. The highest BCUT2D eigenvalue weighted by Gasteiger charge is 2.28. The third-order valence-electron chi connectivity index (χ3n) is 3.89. The van der Waals surface area contributed by atoms with Gasteiger partial charge in [0.05, 0.1) is 11.6 Å². The standard InChI is InChI=1S/C16H18N2OS/c1-17-8-9-18(16(19)14-7-10-20-12-14)11-15(17)13-5-3-2-4-6-13/h2-7,10,12,15H,8-9,11H2,1H3/t15-/m1/s1. The summed E-state index contributed by atoms with van der Waals surface area (Å²) in [5.41, 5.74) is 2.09. The third-order valence-corrected chi connectivity index (χ3v) is 4.57. The second-order valence-electron chi connectivity index (χ2n) is 5.17. The molecule has 0 saturated carbocycles. The summed E-state index contributed by atoms with van der Waals surface area (Å²) in [5, 5.41) is 3.89. The Labute approximate surface area is 123 Å². The van der Waals surface area contributed by atoms with Crippen molar-refractivity contribution in [2.75, 3.05) is 26.7 Å². The van der Waals surface area contributed by atoms with Crippen molar-refractivity contribution in [1.82, 2.24) is 9.80 Å². The quantitative estimate of drug-likeness (QED) is 0.847. The van der Waals surface area contributed by atoms with Crippen LogP contribution in [0.3, 0.4) is 0 Å². The van der Waals surface area contributed by atoms with Crippen LogP contribution in [-0.2, 0) is 0 Å². The van der Waals surface area contributed by atoms with E-state index in [2.05, 4.69) is 36.2 Å². The maximum Gasteiger partial charge on any atom is 0.254 e. The van der Waals surface area contributed by atoms with Gasteiger partial charge >= 0.3 is 0 Å². The average molecular weight is 286 g/mol. The fourth-order valence-corrected chi connectivity index (χ4v) is 3.29. The highest BCUT2D eigenvalue weighted by molar-refractivity contribution is 7.08. The molecule has 0 N–H and O–H groups in total. The predicted molar refractivity (Wildman–Crippen MR) is 82.0 cm³/mol. The highest BCUT2D eigenvalue weighted by atomic mass is 32.1. The second kappa shape index (κ2) is 5.77. The summed E-state index contributed by atoms with van der Waals surface area (Å²) in [6.45, 7) is 2.47. The molecular formula is C16H18N2OS. The van der Waals surface area contributed by atoms with E-state index in [1.807, 2.05) is 27.8 Å². The van der Waals surface area contributed by atoms with Crippen molar-refractivity contribution in [1.29, 1.82) is 0 Å². The predicted octanol–water partition coefficient (Wildman–Crippen LogP) is 2.88. The summed E-state index contributed by atoms with van der Waals surface area (Å²) >= 11 is 1.57. The van der Waals surface area contributed by atoms with Gasteiger partial charge in [0.1, 0.15) is 0 Å². The van der Waals surface area contributed by atoms with Gasteiger partial charge < -0.3 is 4.90 Å². The van der Waals surface area contributed by atoms with E-state index in [0.29, 0.717) is 0 Å². The number of likely N-dealkylation sites (N-methyl/N-ethyl adjacent to an activating group) is 1. The zero-order valence-electron chi connectivity index (χ0n) is 11.5. The van der Waals surface area contributed by atoms with Crippen molar-refractivity contribution in [2.24, 2.45) is 0 Å². The number of rotatable bonds is 2. The van der Waals surface area contributed by atoms with Gasteiger partial charge in [-0.05, 0) is 24.1 Å². The van der Waals surface area contributed by atoms with E-state index in [1.54, 1.807) is 11.3 Å². The summed E-state index contributed by atoms with van der Waals surface area (Å²) in [6, 6.07) is 12.6. The number of carbonyl (C=O) groups excluding carboxylic acids is 1. The Hall–Kier alpha value is -1.65. The van der Waals surface area contributed by atoms with Crippen LogP contribution in [0.15, 0.2) is 47.2 Å². The van der Waals surface area contributed by atoms with Crippen LogP contribution in [0, 0.1) is 0 Å². The molecule has 1 aliphatic heterocycles. The molecule has 1 aromatic heterocycles. The van der Waals surface area contributed by atoms with Crippen molar-refractivity contribution >= 4 is 17.2 Å². The topological polar surface area (TPSA) is 23.6 Å². The first-order chi connectivity index (χ1) is 9.75. The molecule has 2 aromatic rings. The van der Waals surface area contributed by atoms with E-state index in [0.717, 1.165) is 25.2 Å². The van der Waals surface area contributed by atoms with Gasteiger partial charge in [-0.25, -0.2) is 0 Å². The van der Waals surface area contributed by atoms with Gasteiger partial charge in [-0.2, -0.15) is 11.3 Å². The monoisotopic (exact) mass is 286 g/mol. The molecule has 0 bridgehead atoms. The van der Waals surface area contributed by atoms with E-state index in [9.17, 15) is 4.79 Å². The maximum atomic E-state index is 12.5. The van der Waals surface area contributed by atoms with E-state index in [4.69, 9.17) is 0 Å². The summed E-state index contributed by atoms with van der Waals surface area (Å²) < 4.78 is 0. The SMILES string of the molecule is CN1CCN(C(=O)c2ccsc2)C[C@@H]1c1ccccc1. The molecule has 1 fully saturated rings. The molecular weight excluding hydrogens is 268 g/mol. The van der Waals surface area contributed by atoms with Crippen LogP contribution < -0.4 is 0 Å². The zero-order valence-corrected chi connectivity index (χ0v) is 12.3. The van der Waals surface area contributed by atoms with E-state index >= 15 is 0 Å². The largest absolute Gasteiger partial charge is 0.335 e. The first-order valence-electron chi connectivity index (χ1n) is 6.82. The van der Waals surface area contributed by atoms with Crippen molar-refractivity contribution in [3.63, 3.8) is 0 Å². The number of hydrogen-bond donors (Lipinski definition) is 0. The van der Waals surface area contributed by atoms with Crippen LogP contribution in [0.4, 0.5) is 0 Å². The molecule has 2 heterocycles. The van der Waals surface area contributed by atoms with Crippen LogP contribution in [0.1, 0.15) is 22.0 Å². The fourth-order valence-electron chi connectivity index (χ4n) is 2.66. The minimum atomic E-state index is 0.153. The van der Waals surface area contributed by atoms with Gasteiger partial charge in [-0.15, -0.1) is 0 Å². The van der Waals surface area contributed by atoms with Crippen molar-refractivity contribution in [2.45, 2.75) is 6.04 Å². The Kier molecular flexibility index (Phi) is 3.85. The van der Waals surface area contributed by atoms with Gasteiger partial charge in [0, 0.05) is 25.0 Å². The first kappa shape index (κ1) is 13.3. The molecule has 1 atom stereocenters. The number of benzene rings is 1. The fraction of sp³-hybridized carbons (Fsp3) is 0.312. The minimum absolute atomic E-state index is 0.153. The van der Waals surface area contributed by atoms with Gasteiger partial charge in [0.2, 0.25) is 0 Å². The molecule has 1 aromatic carbocycles. The molecule has 1 amide bonds. The van der Waals surface area contributed by atoms with E-state index in [-0.39, 0.29) is 11.9 Å². The van der Waals surface area contributed by atoms with Crippen LogP contribution in [0.2, 0.25) is 0 Å². The first-order valence-corrected chi connectivity index (χ1v) is 7.76. The Bertz CT molecular complexity index is 567. The Balaban J connectivity index is 1.78. The molecule has 0 unspecified atom stereocenters. The van der Waals surface area contributed by atoms with Crippen molar-refractivity contribution in [3.8, 4) is 0 Å². The minimum Gasteiger partial charge on any atom is -0.335 e. The lowest BCUT2D eigenvalue weighted by molar-refractivity contribution is 0.0547.